The summed E-state index contributed by atoms with van der Waals surface area (Å²) in [4.78, 5) is 18.8. The van der Waals surface area contributed by atoms with Crippen LogP contribution >= 0.6 is 11.6 Å². The number of anilines is 1. The van der Waals surface area contributed by atoms with Crippen LogP contribution in [0.1, 0.15) is 30.0 Å². The van der Waals surface area contributed by atoms with Crippen molar-refractivity contribution in [3.8, 4) is 11.6 Å². The Morgan fingerprint density at radius 1 is 1.15 bits per heavy atom. The first-order valence-electron chi connectivity index (χ1n) is 10.7. The molecule has 0 saturated carbocycles. The molecule has 1 aliphatic heterocycles. The van der Waals surface area contributed by atoms with Crippen LogP contribution < -0.4 is 15.6 Å². The van der Waals surface area contributed by atoms with Crippen LogP contribution in [-0.4, -0.2) is 46.4 Å². The molecule has 0 spiro atoms. The van der Waals surface area contributed by atoms with E-state index in [9.17, 15) is 18.0 Å². The number of pyridine rings is 1. The third kappa shape index (κ3) is 5.02. The van der Waals surface area contributed by atoms with E-state index in [0.717, 1.165) is 54.1 Å². The molecule has 2 aromatic heterocycles. The standard InChI is InChI=1S/C23H23ClF3N5O2/c1-34-19-7-3-2-6-16(19)18(31-10-4-5-11-31)14-28-17-13-30-32(22(33)21(17)24)20-9-8-15(12-29-20)23(25,26)27/h2-3,6-9,12-13,18,28H,4-5,10-11,14H2,1H3. The monoisotopic (exact) mass is 493 g/mol. The smallest absolute Gasteiger partial charge is 0.417 e. The van der Waals surface area contributed by atoms with Gasteiger partial charge in [0.2, 0.25) is 0 Å². The molecule has 1 saturated heterocycles. The number of rotatable bonds is 7. The van der Waals surface area contributed by atoms with Gasteiger partial charge in [0, 0.05) is 18.3 Å². The largest absolute Gasteiger partial charge is 0.496 e. The second kappa shape index (κ2) is 10.0. The van der Waals surface area contributed by atoms with Gasteiger partial charge in [-0.2, -0.15) is 23.0 Å². The molecule has 3 heterocycles. The molecule has 0 bridgehead atoms. The lowest BCUT2D eigenvalue weighted by Crippen LogP contribution is -2.32. The van der Waals surface area contributed by atoms with Crippen molar-refractivity contribution in [3.05, 3.63) is 75.3 Å². The molecule has 180 valence electrons. The van der Waals surface area contributed by atoms with E-state index < -0.39 is 17.3 Å². The highest BCUT2D eigenvalue weighted by Gasteiger charge is 2.31. The predicted molar refractivity (Wildman–Crippen MR) is 123 cm³/mol. The third-order valence-corrected chi connectivity index (χ3v) is 6.14. The first kappa shape index (κ1) is 24.0. The number of para-hydroxylation sites is 1. The molecule has 34 heavy (non-hydrogen) atoms. The number of alkyl halides is 3. The van der Waals surface area contributed by atoms with Gasteiger partial charge in [-0.1, -0.05) is 29.8 Å². The van der Waals surface area contributed by atoms with Crippen LogP contribution in [0.5, 0.6) is 5.75 Å². The summed E-state index contributed by atoms with van der Waals surface area (Å²) < 4.78 is 44.8. The van der Waals surface area contributed by atoms with Gasteiger partial charge in [0.25, 0.3) is 5.56 Å². The highest BCUT2D eigenvalue weighted by molar-refractivity contribution is 6.32. The van der Waals surface area contributed by atoms with E-state index in [4.69, 9.17) is 16.3 Å². The molecule has 1 aromatic carbocycles. The Labute approximate surface area is 199 Å². The second-order valence-electron chi connectivity index (χ2n) is 7.87. The van der Waals surface area contributed by atoms with Gasteiger partial charge in [-0.25, -0.2) is 4.98 Å². The van der Waals surface area contributed by atoms with Crippen LogP contribution in [-0.2, 0) is 6.18 Å². The molecule has 0 aliphatic carbocycles. The highest BCUT2D eigenvalue weighted by Crippen LogP contribution is 2.32. The molecule has 1 atom stereocenters. The van der Waals surface area contributed by atoms with Crippen molar-refractivity contribution in [3.63, 3.8) is 0 Å². The maximum Gasteiger partial charge on any atom is 0.417 e. The number of hydrogen-bond donors (Lipinski definition) is 1. The van der Waals surface area contributed by atoms with E-state index >= 15 is 0 Å². The number of ether oxygens (including phenoxy) is 1. The maximum absolute atomic E-state index is 12.8. The van der Waals surface area contributed by atoms with E-state index in [0.29, 0.717) is 18.4 Å². The van der Waals surface area contributed by atoms with Gasteiger partial charge in [0.1, 0.15) is 10.8 Å². The minimum Gasteiger partial charge on any atom is -0.496 e. The molecule has 1 fully saturated rings. The summed E-state index contributed by atoms with van der Waals surface area (Å²) in [6, 6.07) is 9.67. The number of hydrogen-bond acceptors (Lipinski definition) is 6. The number of likely N-dealkylation sites (tertiary alicyclic amines) is 1. The normalized spacial score (nSPS) is 15.3. The molecule has 0 amide bonds. The Bertz CT molecular complexity index is 1190. The fourth-order valence-electron chi connectivity index (χ4n) is 4.04. The fourth-order valence-corrected chi connectivity index (χ4v) is 4.23. The van der Waals surface area contributed by atoms with Crippen LogP contribution in [0.3, 0.4) is 0 Å². The van der Waals surface area contributed by atoms with E-state index in [1.54, 1.807) is 7.11 Å². The lowest BCUT2D eigenvalue weighted by atomic mass is 10.0. The van der Waals surface area contributed by atoms with Gasteiger partial charge < -0.3 is 10.1 Å². The molecule has 4 rings (SSSR count). The lowest BCUT2D eigenvalue weighted by molar-refractivity contribution is -0.137. The van der Waals surface area contributed by atoms with Gasteiger partial charge in [0.05, 0.1) is 30.6 Å². The summed E-state index contributed by atoms with van der Waals surface area (Å²) >= 11 is 6.32. The molecule has 3 aromatic rings. The van der Waals surface area contributed by atoms with Crippen molar-refractivity contribution < 1.29 is 17.9 Å². The van der Waals surface area contributed by atoms with E-state index in [1.165, 1.54) is 6.20 Å². The Hall–Kier alpha value is -3.11. The third-order valence-electron chi connectivity index (χ3n) is 5.78. The van der Waals surface area contributed by atoms with Crippen LogP contribution in [0.4, 0.5) is 18.9 Å². The SMILES string of the molecule is COc1ccccc1C(CNc1cnn(-c2ccc(C(F)(F)F)cn2)c(=O)c1Cl)N1CCCC1. The summed E-state index contributed by atoms with van der Waals surface area (Å²) in [5, 5.41) is 7.14. The summed E-state index contributed by atoms with van der Waals surface area (Å²) in [6.07, 6.45) is -0.305. The summed E-state index contributed by atoms with van der Waals surface area (Å²) in [5.41, 5.74) is -0.258. The number of methoxy groups -OCH3 is 1. The number of nitrogens with one attached hydrogen (secondary N) is 1. The summed E-state index contributed by atoms with van der Waals surface area (Å²) in [6.45, 7) is 2.33. The Morgan fingerprint density at radius 3 is 2.53 bits per heavy atom. The quantitative estimate of drug-likeness (QED) is 0.520. The minimum atomic E-state index is -4.53. The number of aromatic nitrogens is 3. The molecule has 1 unspecified atom stereocenters. The minimum absolute atomic E-state index is 0.0197. The Kier molecular flexibility index (Phi) is 7.08. The van der Waals surface area contributed by atoms with Crippen molar-refractivity contribution in [2.75, 3.05) is 32.1 Å². The fraction of sp³-hybridized carbons (Fsp3) is 0.348. The molecular formula is C23H23ClF3N5O2. The first-order valence-corrected chi connectivity index (χ1v) is 11.1. The van der Waals surface area contributed by atoms with Gasteiger partial charge in [0.15, 0.2) is 5.82 Å². The zero-order valence-electron chi connectivity index (χ0n) is 18.3. The number of nitrogens with zero attached hydrogens (tertiary/aromatic N) is 4. The van der Waals surface area contributed by atoms with E-state index in [-0.39, 0.29) is 16.9 Å². The van der Waals surface area contributed by atoms with Crippen molar-refractivity contribution >= 4 is 17.3 Å². The van der Waals surface area contributed by atoms with Crippen molar-refractivity contribution in [2.24, 2.45) is 0 Å². The molecule has 7 nitrogen and oxygen atoms in total. The van der Waals surface area contributed by atoms with Crippen LogP contribution in [0.25, 0.3) is 5.82 Å². The average Bonchev–Trinajstić information content (AvgIpc) is 3.36. The van der Waals surface area contributed by atoms with E-state index in [2.05, 4.69) is 20.3 Å². The molecular weight excluding hydrogens is 471 g/mol. The van der Waals surface area contributed by atoms with Crippen molar-refractivity contribution in [1.29, 1.82) is 0 Å². The van der Waals surface area contributed by atoms with Crippen molar-refractivity contribution in [2.45, 2.75) is 25.1 Å². The zero-order chi connectivity index (χ0) is 24.3. The van der Waals surface area contributed by atoms with Gasteiger partial charge >= 0.3 is 6.18 Å². The number of benzene rings is 1. The molecule has 11 heteroatoms. The molecule has 1 N–H and O–H groups in total. The first-order chi connectivity index (χ1) is 16.3. The lowest BCUT2D eigenvalue weighted by Gasteiger charge is -2.29. The second-order valence-corrected chi connectivity index (χ2v) is 8.25. The van der Waals surface area contributed by atoms with Crippen LogP contribution in [0.15, 0.2) is 53.6 Å². The molecule has 0 radical (unpaired) electrons. The number of halogens is 4. The maximum atomic E-state index is 12.8. The average molecular weight is 494 g/mol. The predicted octanol–water partition coefficient (Wildman–Crippen LogP) is 4.56. The summed E-state index contributed by atoms with van der Waals surface area (Å²) in [5.74, 6) is 0.713. The Morgan fingerprint density at radius 2 is 1.88 bits per heavy atom. The van der Waals surface area contributed by atoms with Gasteiger partial charge in [-0.3, -0.25) is 9.69 Å². The topological polar surface area (TPSA) is 72.3 Å². The highest BCUT2D eigenvalue weighted by atomic mass is 35.5. The van der Waals surface area contributed by atoms with E-state index in [1.807, 2.05) is 24.3 Å². The van der Waals surface area contributed by atoms with Gasteiger partial charge in [-0.15, -0.1) is 0 Å². The zero-order valence-corrected chi connectivity index (χ0v) is 19.1. The summed E-state index contributed by atoms with van der Waals surface area (Å²) in [7, 11) is 1.63. The van der Waals surface area contributed by atoms with Crippen LogP contribution in [0, 0.1) is 0 Å². The molecule has 1 aliphatic rings. The van der Waals surface area contributed by atoms with Crippen LogP contribution in [0.2, 0.25) is 5.02 Å². The van der Waals surface area contributed by atoms with Gasteiger partial charge in [-0.05, 0) is 44.1 Å². The Balaban J connectivity index is 1.57. The van der Waals surface area contributed by atoms with Crippen molar-refractivity contribution in [1.82, 2.24) is 19.7 Å².